The zero-order valence-electron chi connectivity index (χ0n) is 11.9. The average Bonchev–Trinajstić information content (AvgIpc) is 3.17. The van der Waals surface area contributed by atoms with E-state index in [-0.39, 0.29) is 6.10 Å². The minimum atomic E-state index is 0.00488. The van der Waals surface area contributed by atoms with Gasteiger partial charge in [-0.25, -0.2) is 4.98 Å². The monoisotopic (exact) mass is 300 g/mol. The highest BCUT2D eigenvalue weighted by molar-refractivity contribution is 7.10. The van der Waals surface area contributed by atoms with Crippen molar-refractivity contribution in [1.82, 2.24) is 10.1 Å². The predicted molar refractivity (Wildman–Crippen MR) is 83.1 cm³/mol. The summed E-state index contributed by atoms with van der Waals surface area (Å²) >= 11 is 1.57. The van der Waals surface area contributed by atoms with E-state index < -0.39 is 0 Å². The summed E-state index contributed by atoms with van der Waals surface area (Å²) in [5.74, 6) is 0.681. The number of thiazole rings is 1. The Bertz CT molecular complexity index is 706. The summed E-state index contributed by atoms with van der Waals surface area (Å²) in [6.45, 7) is 4.66. The van der Waals surface area contributed by atoms with E-state index in [4.69, 9.17) is 9.26 Å². The van der Waals surface area contributed by atoms with Crippen molar-refractivity contribution in [2.75, 3.05) is 6.61 Å². The molecule has 0 aliphatic carbocycles. The van der Waals surface area contributed by atoms with Crippen molar-refractivity contribution in [3.05, 3.63) is 46.8 Å². The van der Waals surface area contributed by atoms with Crippen molar-refractivity contribution in [1.29, 1.82) is 0 Å². The summed E-state index contributed by atoms with van der Waals surface area (Å²) in [4.78, 5) is 4.57. The molecule has 3 rings (SSSR count). The number of ether oxygens (including phenoxy) is 1. The Morgan fingerprint density at radius 3 is 2.81 bits per heavy atom. The van der Waals surface area contributed by atoms with Gasteiger partial charge in [-0.05, 0) is 13.8 Å². The zero-order valence-corrected chi connectivity index (χ0v) is 12.8. The molecular weight excluding hydrogens is 284 g/mol. The van der Waals surface area contributed by atoms with Gasteiger partial charge >= 0.3 is 0 Å². The standard InChI is InChI=1S/C16H16N2O2S/c1-3-19-11(2)16-17-14(10-21-16)15-9-13(18-20-15)12-7-5-4-6-8-12/h4-11H,3H2,1-2H3. The fraction of sp³-hybridized carbons (Fsp3) is 0.250. The van der Waals surface area contributed by atoms with Gasteiger partial charge in [0.2, 0.25) is 0 Å². The number of aromatic nitrogens is 2. The lowest BCUT2D eigenvalue weighted by atomic mass is 10.1. The molecule has 0 saturated heterocycles. The van der Waals surface area contributed by atoms with E-state index in [1.165, 1.54) is 0 Å². The molecule has 3 aromatic rings. The van der Waals surface area contributed by atoms with Crippen LogP contribution < -0.4 is 0 Å². The lowest BCUT2D eigenvalue weighted by Gasteiger charge is -2.06. The SMILES string of the molecule is CCOC(C)c1nc(-c2cc(-c3ccccc3)no2)cs1. The van der Waals surface area contributed by atoms with Crippen LogP contribution in [0.25, 0.3) is 22.7 Å². The fourth-order valence-electron chi connectivity index (χ4n) is 2.05. The second-order valence-corrected chi connectivity index (χ2v) is 5.50. The minimum Gasteiger partial charge on any atom is -0.372 e. The first-order valence-corrected chi connectivity index (χ1v) is 7.75. The van der Waals surface area contributed by atoms with Crippen LogP contribution in [-0.2, 0) is 4.74 Å². The molecule has 4 nitrogen and oxygen atoms in total. The van der Waals surface area contributed by atoms with Crippen LogP contribution in [0.5, 0.6) is 0 Å². The maximum absolute atomic E-state index is 5.55. The predicted octanol–water partition coefficient (Wildman–Crippen LogP) is 4.56. The van der Waals surface area contributed by atoms with E-state index in [2.05, 4.69) is 10.1 Å². The molecule has 0 bridgehead atoms. The number of nitrogens with zero attached hydrogens (tertiary/aromatic N) is 2. The first-order valence-electron chi connectivity index (χ1n) is 6.87. The Labute approximate surface area is 127 Å². The van der Waals surface area contributed by atoms with Crippen LogP contribution >= 0.6 is 11.3 Å². The van der Waals surface area contributed by atoms with Crippen LogP contribution in [-0.4, -0.2) is 16.7 Å². The highest BCUT2D eigenvalue weighted by atomic mass is 32.1. The van der Waals surface area contributed by atoms with Gasteiger partial charge in [-0.15, -0.1) is 11.3 Å². The molecule has 0 amide bonds. The van der Waals surface area contributed by atoms with E-state index in [0.717, 1.165) is 22.0 Å². The highest BCUT2D eigenvalue weighted by Gasteiger charge is 2.15. The van der Waals surface area contributed by atoms with Gasteiger partial charge in [0.1, 0.15) is 22.5 Å². The van der Waals surface area contributed by atoms with Gasteiger partial charge in [0.25, 0.3) is 0 Å². The Hall–Kier alpha value is -1.98. The molecule has 0 N–H and O–H groups in total. The molecule has 108 valence electrons. The number of hydrogen-bond donors (Lipinski definition) is 0. The maximum atomic E-state index is 5.55. The van der Waals surface area contributed by atoms with E-state index in [1.54, 1.807) is 11.3 Å². The first kappa shape index (κ1) is 14.0. The largest absolute Gasteiger partial charge is 0.372 e. The van der Waals surface area contributed by atoms with Crippen LogP contribution in [0.4, 0.5) is 0 Å². The molecule has 0 saturated carbocycles. The molecule has 0 radical (unpaired) electrons. The molecule has 21 heavy (non-hydrogen) atoms. The molecule has 1 unspecified atom stereocenters. The van der Waals surface area contributed by atoms with Crippen LogP contribution in [0, 0.1) is 0 Å². The van der Waals surface area contributed by atoms with E-state index in [1.807, 2.05) is 55.6 Å². The quantitative estimate of drug-likeness (QED) is 0.693. The number of hydrogen-bond acceptors (Lipinski definition) is 5. The third-order valence-electron chi connectivity index (χ3n) is 3.12. The van der Waals surface area contributed by atoms with E-state index in [9.17, 15) is 0 Å². The summed E-state index contributed by atoms with van der Waals surface area (Å²) < 4.78 is 11.0. The molecule has 2 aromatic heterocycles. The molecule has 0 spiro atoms. The number of benzene rings is 1. The van der Waals surface area contributed by atoms with Gasteiger partial charge in [-0.3, -0.25) is 0 Å². The van der Waals surface area contributed by atoms with Crippen molar-refractivity contribution in [3.8, 4) is 22.7 Å². The molecular formula is C16H16N2O2S. The van der Waals surface area contributed by atoms with Crippen molar-refractivity contribution in [2.45, 2.75) is 20.0 Å². The summed E-state index contributed by atoms with van der Waals surface area (Å²) in [6, 6.07) is 11.9. The van der Waals surface area contributed by atoms with E-state index >= 15 is 0 Å². The maximum Gasteiger partial charge on any atom is 0.186 e. The van der Waals surface area contributed by atoms with Gasteiger partial charge in [-0.2, -0.15) is 0 Å². The second kappa shape index (κ2) is 6.20. The third kappa shape index (κ3) is 3.04. The topological polar surface area (TPSA) is 48.2 Å². The van der Waals surface area contributed by atoms with Crippen molar-refractivity contribution in [2.24, 2.45) is 0 Å². The molecule has 2 heterocycles. The normalized spacial score (nSPS) is 12.5. The Morgan fingerprint density at radius 2 is 2.05 bits per heavy atom. The molecule has 5 heteroatoms. The first-order chi connectivity index (χ1) is 10.3. The Morgan fingerprint density at radius 1 is 1.24 bits per heavy atom. The molecule has 1 aromatic carbocycles. The molecule has 0 fully saturated rings. The van der Waals surface area contributed by atoms with Crippen molar-refractivity contribution < 1.29 is 9.26 Å². The molecule has 0 aliphatic rings. The molecule has 1 atom stereocenters. The van der Waals surface area contributed by atoms with Gasteiger partial charge in [-0.1, -0.05) is 35.5 Å². The smallest absolute Gasteiger partial charge is 0.186 e. The van der Waals surface area contributed by atoms with Crippen LogP contribution in [0.15, 0.2) is 46.3 Å². The minimum absolute atomic E-state index is 0.00488. The summed E-state index contributed by atoms with van der Waals surface area (Å²) in [7, 11) is 0. The van der Waals surface area contributed by atoms with Gasteiger partial charge in [0.15, 0.2) is 5.76 Å². The number of rotatable bonds is 5. The lowest BCUT2D eigenvalue weighted by Crippen LogP contribution is -1.98. The summed E-state index contributed by atoms with van der Waals surface area (Å²) in [6.07, 6.45) is 0.00488. The second-order valence-electron chi connectivity index (χ2n) is 4.61. The highest BCUT2D eigenvalue weighted by Crippen LogP contribution is 2.29. The van der Waals surface area contributed by atoms with Gasteiger partial charge in [0, 0.05) is 23.6 Å². The Balaban J connectivity index is 1.84. The van der Waals surface area contributed by atoms with E-state index in [0.29, 0.717) is 12.4 Å². The zero-order chi connectivity index (χ0) is 14.7. The lowest BCUT2D eigenvalue weighted by molar-refractivity contribution is 0.0762. The van der Waals surface area contributed by atoms with Crippen molar-refractivity contribution >= 4 is 11.3 Å². The third-order valence-corrected chi connectivity index (χ3v) is 4.12. The Kier molecular flexibility index (Phi) is 4.13. The van der Waals surface area contributed by atoms with Crippen LogP contribution in [0.3, 0.4) is 0 Å². The summed E-state index contributed by atoms with van der Waals surface area (Å²) in [5.41, 5.74) is 2.65. The van der Waals surface area contributed by atoms with Gasteiger partial charge in [0.05, 0.1) is 0 Å². The fourth-order valence-corrected chi connectivity index (χ4v) is 2.86. The van der Waals surface area contributed by atoms with Crippen LogP contribution in [0.2, 0.25) is 0 Å². The molecule has 0 aliphatic heterocycles. The van der Waals surface area contributed by atoms with Crippen molar-refractivity contribution in [3.63, 3.8) is 0 Å². The summed E-state index contributed by atoms with van der Waals surface area (Å²) in [5, 5.41) is 7.03. The average molecular weight is 300 g/mol. The van der Waals surface area contributed by atoms with Gasteiger partial charge < -0.3 is 9.26 Å². The van der Waals surface area contributed by atoms with Crippen LogP contribution in [0.1, 0.15) is 25.0 Å².